The molecule has 3 rings (SSSR count). The minimum Gasteiger partial charge on any atom is -0.493 e. The number of nitrogens with zero attached hydrogens (tertiary/aromatic N) is 2. The lowest BCUT2D eigenvalue weighted by Crippen LogP contribution is -2.44. The Morgan fingerprint density at radius 1 is 1.46 bits per heavy atom. The number of urea groups is 1. The lowest BCUT2D eigenvalue weighted by molar-refractivity contribution is -0.142. The van der Waals surface area contributed by atoms with Gasteiger partial charge in [-0.1, -0.05) is 12.1 Å². The molecule has 2 amide bonds. The number of methoxy groups -OCH3 is 1. The van der Waals surface area contributed by atoms with E-state index in [1.54, 1.807) is 13.2 Å². The maximum absolute atomic E-state index is 12.3. The molecule has 0 saturated heterocycles. The number of nitrogens with one attached hydrogen (secondary N) is 2. The number of benzene rings is 1. The molecule has 0 aliphatic carbocycles. The number of fused-ring (bicyclic) bond motifs is 1. The molecular formula is C16H17F3N4O3. The van der Waals surface area contributed by atoms with Crippen molar-refractivity contribution in [2.75, 3.05) is 19.0 Å². The van der Waals surface area contributed by atoms with Crippen molar-refractivity contribution in [3.63, 3.8) is 0 Å². The van der Waals surface area contributed by atoms with Crippen LogP contribution in [0.5, 0.6) is 11.5 Å². The molecule has 2 N–H and O–H groups in total. The molecule has 0 radical (unpaired) electrons. The van der Waals surface area contributed by atoms with E-state index >= 15 is 0 Å². The number of halogens is 3. The van der Waals surface area contributed by atoms with Crippen LogP contribution in [0.3, 0.4) is 0 Å². The van der Waals surface area contributed by atoms with Gasteiger partial charge in [-0.15, -0.1) is 0 Å². The number of carbonyl (C=O) groups excluding carboxylic acids is 1. The molecule has 0 bridgehead atoms. The van der Waals surface area contributed by atoms with E-state index in [4.69, 9.17) is 9.47 Å². The molecule has 140 valence electrons. The molecular weight excluding hydrogens is 353 g/mol. The van der Waals surface area contributed by atoms with Gasteiger partial charge in [0.25, 0.3) is 0 Å². The summed E-state index contributed by atoms with van der Waals surface area (Å²) in [6, 6.07) is 4.68. The zero-order valence-electron chi connectivity index (χ0n) is 13.8. The van der Waals surface area contributed by atoms with Gasteiger partial charge < -0.3 is 20.1 Å². The van der Waals surface area contributed by atoms with E-state index in [1.165, 1.54) is 0 Å². The van der Waals surface area contributed by atoms with E-state index in [9.17, 15) is 18.0 Å². The zero-order valence-corrected chi connectivity index (χ0v) is 13.8. The number of rotatable bonds is 4. The van der Waals surface area contributed by atoms with Crippen molar-refractivity contribution in [2.24, 2.45) is 0 Å². The van der Waals surface area contributed by atoms with Gasteiger partial charge in [0, 0.05) is 11.8 Å². The van der Waals surface area contributed by atoms with Gasteiger partial charge in [-0.05, 0) is 12.5 Å². The summed E-state index contributed by atoms with van der Waals surface area (Å²) in [5, 5.41) is 8.75. The van der Waals surface area contributed by atoms with Crippen LogP contribution >= 0.6 is 0 Å². The normalized spacial score (nSPS) is 16.4. The summed E-state index contributed by atoms with van der Waals surface area (Å²) in [6.07, 6.45) is -1.56. The average molecular weight is 370 g/mol. The summed E-state index contributed by atoms with van der Waals surface area (Å²) in [4.78, 5) is 12.0. The summed E-state index contributed by atoms with van der Waals surface area (Å²) in [6.45, 7) is -0.959. The van der Waals surface area contributed by atoms with Crippen molar-refractivity contribution in [3.05, 3.63) is 36.2 Å². The molecule has 1 aliphatic heterocycles. The van der Waals surface area contributed by atoms with E-state index in [2.05, 4.69) is 15.7 Å². The Labute approximate surface area is 147 Å². The van der Waals surface area contributed by atoms with Gasteiger partial charge >= 0.3 is 12.2 Å². The molecule has 1 unspecified atom stereocenters. The molecule has 1 aliphatic rings. The largest absolute Gasteiger partial charge is 0.493 e. The van der Waals surface area contributed by atoms with Crippen LogP contribution in [0.25, 0.3) is 0 Å². The number of ether oxygens (including phenoxy) is 2. The Balaban J connectivity index is 1.56. The first kappa shape index (κ1) is 17.9. The molecule has 10 heteroatoms. The fourth-order valence-corrected chi connectivity index (χ4v) is 2.70. The SMILES string of the molecule is COc1cccc2c1OCC(NC(=O)Nc1cnn(CC(F)(F)F)c1)C2. The first-order valence-electron chi connectivity index (χ1n) is 7.79. The second kappa shape index (κ2) is 7.14. The number of alkyl halides is 3. The Bertz CT molecular complexity index is 791. The van der Waals surface area contributed by atoms with Crippen molar-refractivity contribution < 1.29 is 27.4 Å². The molecule has 7 nitrogen and oxygen atoms in total. The fraction of sp³-hybridized carbons (Fsp3) is 0.375. The molecule has 0 fully saturated rings. The molecule has 0 saturated carbocycles. The van der Waals surface area contributed by atoms with Crippen molar-refractivity contribution in [3.8, 4) is 11.5 Å². The van der Waals surface area contributed by atoms with E-state index in [0.29, 0.717) is 22.6 Å². The summed E-state index contributed by atoms with van der Waals surface area (Å²) in [5.74, 6) is 1.28. The summed E-state index contributed by atoms with van der Waals surface area (Å²) >= 11 is 0. The van der Waals surface area contributed by atoms with Crippen LogP contribution in [0.15, 0.2) is 30.6 Å². The standard InChI is InChI=1S/C16H17F3N4O3/c1-25-13-4-2-3-10-5-11(8-26-14(10)13)21-15(24)22-12-6-20-23(7-12)9-16(17,18)19/h2-4,6-7,11H,5,8-9H2,1H3,(H2,21,22,24). The van der Waals surface area contributed by atoms with Crippen LogP contribution < -0.4 is 20.1 Å². The summed E-state index contributed by atoms with van der Waals surface area (Å²) < 4.78 is 48.5. The van der Waals surface area contributed by atoms with Gasteiger partial charge in [0.1, 0.15) is 13.2 Å². The van der Waals surface area contributed by atoms with E-state index < -0.39 is 18.8 Å². The monoisotopic (exact) mass is 370 g/mol. The molecule has 2 aromatic rings. The van der Waals surface area contributed by atoms with Crippen LogP contribution in [-0.4, -0.2) is 41.7 Å². The number of carbonyl (C=O) groups is 1. The Morgan fingerprint density at radius 3 is 3.00 bits per heavy atom. The van der Waals surface area contributed by atoms with Crippen LogP contribution in [-0.2, 0) is 13.0 Å². The number of hydrogen-bond acceptors (Lipinski definition) is 4. The molecule has 0 spiro atoms. The van der Waals surface area contributed by atoms with Crippen LogP contribution in [0.1, 0.15) is 5.56 Å². The highest BCUT2D eigenvalue weighted by atomic mass is 19.4. The minimum atomic E-state index is -4.38. The van der Waals surface area contributed by atoms with Gasteiger partial charge in [-0.3, -0.25) is 4.68 Å². The highest BCUT2D eigenvalue weighted by molar-refractivity contribution is 5.89. The highest BCUT2D eigenvalue weighted by Gasteiger charge is 2.28. The van der Waals surface area contributed by atoms with Gasteiger partial charge in [0.05, 0.1) is 25.0 Å². The van der Waals surface area contributed by atoms with Gasteiger partial charge in [0.2, 0.25) is 0 Å². The van der Waals surface area contributed by atoms with Gasteiger partial charge in [-0.2, -0.15) is 18.3 Å². The van der Waals surface area contributed by atoms with Crippen molar-refractivity contribution >= 4 is 11.7 Å². The topological polar surface area (TPSA) is 77.4 Å². The lowest BCUT2D eigenvalue weighted by Gasteiger charge is -2.27. The number of hydrogen-bond donors (Lipinski definition) is 2. The summed E-state index contributed by atoms with van der Waals surface area (Å²) in [7, 11) is 1.55. The van der Waals surface area contributed by atoms with Crippen LogP contribution in [0, 0.1) is 0 Å². The Hall–Kier alpha value is -2.91. The number of amides is 2. The predicted molar refractivity (Wildman–Crippen MR) is 86.4 cm³/mol. The minimum absolute atomic E-state index is 0.172. The van der Waals surface area contributed by atoms with Crippen molar-refractivity contribution in [1.29, 1.82) is 0 Å². The van der Waals surface area contributed by atoms with Crippen LogP contribution in [0.4, 0.5) is 23.7 Å². The van der Waals surface area contributed by atoms with Gasteiger partial charge in [-0.25, -0.2) is 4.79 Å². The third kappa shape index (κ3) is 4.38. The summed E-state index contributed by atoms with van der Waals surface area (Å²) in [5.41, 5.74) is 1.07. The van der Waals surface area contributed by atoms with E-state index in [0.717, 1.165) is 18.0 Å². The zero-order chi connectivity index (χ0) is 18.7. The first-order chi connectivity index (χ1) is 12.3. The Kier molecular flexibility index (Phi) is 4.92. The van der Waals surface area contributed by atoms with E-state index in [-0.39, 0.29) is 18.3 Å². The fourth-order valence-electron chi connectivity index (χ4n) is 2.70. The van der Waals surface area contributed by atoms with Crippen molar-refractivity contribution in [2.45, 2.75) is 25.2 Å². The van der Waals surface area contributed by atoms with E-state index in [1.807, 2.05) is 12.1 Å². The molecule has 1 aromatic heterocycles. The molecule has 2 heterocycles. The smallest absolute Gasteiger partial charge is 0.408 e. The number of para-hydroxylation sites is 1. The lowest BCUT2D eigenvalue weighted by atomic mass is 10.0. The third-order valence-corrected chi connectivity index (χ3v) is 3.74. The molecule has 26 heavy (non-hydrogen) atoms. The predicted octanol–water partition coefficient (Wildman–Crippen LogP) is 2.58. The maximum Gasteiger partial charge on any atom is 0.408 e. The second-order valence-corrected chi connectivity index (χ2v) is 5.80. The molecule has 1 atom stereocenters. The van der Waals surface area contributed by atoms with Crippen LogP contribution in [0.2, 0.25) is 0 Å². The molecule has 1 aromatic carbocycles. The highest BCUT2D eigenvalue weighted by Crippen LogP contribution is 2.34. The number of aromatic nitrogens is 2. The van der Waals surface area contributed by atoms with Crippen molar-refractivity contribution in [1.82, 2.24) is 15.1 Å². The second-order valence-electron chi connectivity index (χ2n) is 5.80. The maximum atomic E-state index is 12.3. The average Bonchev–Trinajstić information content (AvgIpc) is 2.98. The quantitative estimate of drug-likeness (QED) is 0.867. The third-order valence-electron chi connectivity index (χ3n) is 3.74. The Morgan fingerprint density at radius 2 is 2.27 bits per heavy atom. The first-order valence-corrected chi connectivity index (χ1v) is 7.79. The van der Waals surface area contributed by atoms with Gasteiger partial charge in [0.15, 0.2) is 11.5 Å². The number of anilines is 1.